The predicted molar refractivity (Wildman–Crippen MR) is 63.7 cm³/mol. The molecule has 0 aromatic rings. The molecule has 0 amide bonds. The Morgan fingerprint density at radius 1 is 1.36 bits per heavy atom. The normalized spacial score (nSPS) is 33.1. The van der Waals surface area contributed by atoms with Crippen LogP contribution in [0.5, 0.6) is 0 Å². The summed E-state index contributed by atoms with van der Waals surface area (Å²) >= 11 is 0. The maximum atomic E-state index is 4.21. The highest BCUT2D eigenvalue weighted by Gasteiger charge is 2.08. The summed E-state index contributed by atoms with van der Waals surface area (Å²) in [7, 11) is 0. The van der Waals surface area contributed by atoms with E-state index in [4.69, 9.17) is 0 Å². The van der Waals surface area contributed by atoms with Crippen LogP contribution in [0.3, 0.4) is 0 Å². The van der Waals surface area contributed by atoms with E-state index >= 15 is 0 Å². The van der Waals surface area contributed by atoms with E-state index in [1.165, 1.54) is 5.57 Å². The lowest BCUT2D eigenvalue weighted by Crippen LogP contribution is -2.03. The van der Waals surface area contributed by atoms with Crippen LogP contribution in [-0.2, 0) is 0 Å². The Morgan fingerprint density at radius 2 is 2.14 bits per heavy atom. The SMILES string of the molecule is CC(C)/C1=C/C=C\C/N=C\C=C/C1C. The van der Waals surface area contributed by atoms with Gasteiger partial charge in [0, 0.05) is 6.21 Å². The van der Waals surface area contributed by atoms with Gasteiger partial charge in [-0.05, 0) is 17.9 Å². The first-order valence-corrected chi connectivity index (χ1v) is 5.25. The molecule has 1 aliphatic heterocycles. The highest BCUT2D eigenvalue weighted by molar-refractivity contribution is 5.71. The zero-order chi connectivity index (χ0) is 10.4. The molecule has 1 atom stereocenters. The summed E-state index contributed by atoms with van der Waals surface area (Å²) in [6.45, 7) is 7.49. The fourth-order valence-electron chi connectivity index (χ4n) is 1.62. The fraction of sp³-hybridized carbons (Fsp3) is 0.462. The van der Waals surface area contributed by atoms with Gasteiger partial charge in [0.1, 0.15) is 0 Å². The van der Waals surface area contributed by atoms with Gasteiger partial charge in [0.15, 0.2) is 0 Å². The number of hydrogen-bond acceptors (Lipinski definition) is 1. The van der Waals surface area contributed by atoms with Gasteiger partial charge in [-0.1, -0.05) is 50.6 Å². The second-order valence-electron chi connectivity index (χ2n) is 3.94. The molecule has 0 saturated heterocycles. The van der Waals surface area contributed by atoms with E-state index in [1.807, 2.05) is 12.3 Å². The number of allylic oxidation sites excluding steroid dienone is 5. The topological polar surface area (TPSA) is 12.4 Å². The van der Waals surface area contributed by atoms with Crippen molar-refractivity contribution < 1.29 is 0 Å². The van der Waals surface area contributed by atoms with E-state index in [-0.39, 0.29) is 0 Å². The molecular weight excluding hydrogens is 170 g/mol. The van der Waals surface area contributed by atoms with E-state index in [9.17, 15) is 0 Å². The van der Waals surface area contributed by atoms with Gasteiger partial charge < -0.3 is 0 Å². The van der Waals surface area contributed by atoms with Crippen LogP contribution >= 0.6 is 0 Å². The van der Waals surface area contributed by atoms with Crippen LogP contribution in [0.4, 0.5) is 0 Å². The Balaban J connectivity index is 2.87. The molecule has 0 aromatic heterocycles. The molecule has 0 N–H and O–H groups in total. The molecule has 1 unspecified atom stereocenters. The maximum Gasteiger partial charge on any atom is 0.0573 e. The molecule has 1 rings (SSSR count). The molecule has 1 aliphatic rings. The van der Waals surface area contributed by atoms with Crippen LogP contribution in [0.1, 0.15) is 20.8 Å². The van der Waals surface area contributed by atoms with Gasteiger partial charge in [-0.25, -0.2) is 0 Å². The summed E-state index contributed by atoms with van der Waals surface area (Å²) in [6, 6.07) is 0. The van der Waals surface area contributed by atoms with Crippen molar-refractivity contribution in [2.75, 3.05) is 6.54 Å². The largest absolute Gasteiger partial charge is 0.289 e. The molecule has 1 heteroatoms. The number of aliphatic imine (C=N–C) groups is 1. The molecule has 14 heavy (non-hydrogen) atoms. The van der Waals surface area contributed by atoms with Gasteiger partial charge in [0.05, 0.1) is 6.54 Å². The summed E-state index contributed by atoms with van der Waals surface area (Å²) < 4.78 is 0. The number of nitrogens with zero attached hydrogens (tertiary/aromatic N) is 1. The van der Waals surface area contributed by atoms with E-state index < -0.39 is 0 Å². The molecule has 0 radical (unpaired) electrons. The average Bonchev–Trinajstić information content (AvgIpc) is 2.15. The molecule has 0 fully saturated rings. The summed E-state index contributed by atoms with van der Waals surface area (Å²) in [4.78, 5) is 4.21. The van der Waals surface area contributed by atoms with Gasteiger partial charge in [-0.2, -0.15) is 0 Å². The molecule has 0 aromatic carbocycles. The Bertz CT molecular complexity index is 280. The fourth-order valence-corrected chi connectivity index (χ4v) is 1.62. The molecule has 0 bridgehead atoms. The van der Waals surface area contributed by atoms with E-state index in [2.05, 4.69) is 50.1 Å². The lowest BCUT2D eigenvalue weighted by Gasteiger charge is -2.15. The summed E-state index contributed by atoms with van der Waals surface area (Å²) in [5.74, 6) is 1.11. The Hall–Kier alpha value is -1.11. The van der Waals surface area contributed by atoms with E-state index in [0.29, 0.717) is 11.8 Å². The molecular formula is C13H19N. The first-order valence-electron chi connectivity index (χ1n) is 5.25. The van der Waals surface area contributed by atoms with Crippen molar-refractivity contribution in [3.05, 3.63) is 36.0 Å². The van der Waals surface area contributed by atoms with Gasteiger partial charge >= 0.3 is 0 Å². The van der Waals surface area contributed by atoms with Crippen molar-refractivity contribution in [2.24, 2.45) is 16.8 Å². The zero-order valence-corrected chi connectivity index (χ0v) is 9.27. The second-order valence-corrected chi connectivity index (χ2v) is 3.94. The van der Waals surface area contributed by atoms with E-state index in [1.54, 1.807) is 0 Å². The Labute approximate surface area is 86.9 Å². The lowest BCUT2D eigenvalue weighted by atomic mass is 9.90. The molecule has 0 saturated carbocycles. The average molecular weight is 189 g/mol. The molecule has 0 aliphatic carbocycles. The van der Waals surface area contributed by atoms with Crippen LogP contribution in [0.2, 0.25) is 0 Å². The number of rotatable bonds is 1. The summed E-state index contributed by atoms with van der Waals surface area (Å²) in [5, 5.41) is 0. The number of hydrogen-bond donors (Lipinski definition) is 0. The standard InChI is InChI=1S/C13H19N/c1-11(2)13-8-4-5-9-14-10-6-7-12(13)3/h4-8,10-12H,9H2,1-3H3/b5-4-,7-6-,13-8-,14-10-. The summed E-state index contributed by atoms with van der Waals surface area (Å²) in [5.41, 5.74) is 1.48. The van der Waals surface area contributed by atoms with Crippen molar-refractivity contribution in [2.45, 2.75) is 20.8 Å². The molecule has 1 nitrogen and oxygen atoms in total. The van der Waals surface area contributed by atoms with Gasteiger partial charge in [0.2, 0.25) is 0 Å². The minimum Gasteiger partial charge on any atom is -0.289 e. The van der Waals surface area contributed by atoms with Gasteiger partial charge in [-0.3, -0.25) is 4.99 Å². The first-order chi connectivity index (χ1) is 6.72. The van der Waals surface area contributed by atoms with Crippen LogP contribution in [0.15, 0.2) is 40.9 Å². The maximum absolute atomic E-state index is 4.21. The lowest BCUT2D eigenvalue weighted by molar-refractivity contribution is 0.665. The molecule has 1 heterocycles. The van der Waals surface area contributed by atoms with Crippen LogP contribution in [0.25, 0.3) is 0 Å². The van der Waals surface area contributed by atoms with Crippen molar-refractivity contribution in [3.63, 3.8) is 0 Å². The highest BCUT2D eigenvalue weighted by Crippen LogP contribution is 2.21. The minimum atomic E-state index is 0.504. The highest BCUT2D eigenvalue weighted by atomic mass is 14.7. The summed E-state index contributed by atoms with van der Waals surface area (Å²) in [6.07, 6.45) is 12.5. The van der Waals surface area contributed by atoms with Crippen LogP contribution in [-0.4, -0.2) is 12.8 Å². The minimum absolute atomic E-state index is 0.504. The van der Waals surface area contributed by atoms with Crippen molar-refractivity contribution in [1.29, 1.82) is 0 Å². The predicted octanol–water partition coefficient (Wildman–Crippen LogP) is 3.40. The quantitative estimate of drug-likeness (QED) is 0.599. The van der Waals surface area contributed by atoms with Gasteiger partial charge in [-0.15, -0.1) is 0 Å². The third-order valence-electron chi connectivity index (χ3n) is 2.42. The molecule has 0 spiro atoms. The zero-order valence-electron chi connectivity index (χ0n) is 9.27. The Kier molecular flexibility index (Phi) is 4.37. The first kappa shape index (κ1) is 11.0. The van der Waals surface area contributed by atoms with Crippen molar-refractivity contribution in [1.82, 2.24) is 0 Å². The Morgan fingerprint density at radius 3 is 2.86 bits per heavy atom. The van der Waals surface area contributed by atoms with Crippen molar-refractivity contribution in [3.8, 4) is 0 Å². The van der Waals surface area contributed by atoms with Crippen molar-refractivity contribution >= 4 is 6.21 Å². The third-order valence-corrected chi connectivity index (χ3v) is 2.42. The smallest absolute Gasteiger partial charge is 0.0573 e. The van der Waals surface area contributed by atoms with E-state index in [0.717, 1.165) is 6.54 Å². The van der Waals surface area contributed by atoms with Crippen LogP contribution in [0, 0.1) is 11.8 Å². The second kappa shape index (κ2) is 5.58. The van der Waals surface area contributed by atoms with Gasteiger partial charge in [0.25, 0.3) is 0 Å². The third kappa shape index (κ3) is 3.33. The monoisotopic (exact) mass is 189 g/mol. The molecule has 76 valence electrons. The van der Waals surface area contributed by atoms with Crippen LogP contribution < -0.4 is 0 Å².